The van der Waals surface area contributed by atoms with Crippen molar-refractivity contribution in [3.8, 4) is 0 Å². The van der Waals surface area contributed by atoms with Crippen LogP contribution in [0, 0.1) is 6.92 Å². The lowest BCUT2D eigenvalue weighted by molar-refractivity contribution is -0.137. The monoisotopic (exact) mass is 226 g/mol. The van der Waals surface area contributed by atoms with Gasteiger partial charge in [-0.2, -0.15) is 13.2 Å². The molecular formula is C11H9F3N2. The Morgan fingerprint density at radius 3 is 2.56 bits per heavy atom. The van der Waals surface area contributed by atoms with Crippen molar-refractivity contribution < 1.29 is 13.2 Å². The third-order valence-corrected chi connectivity index (χ3v) is 2.50. The minimum atomic E-state index is -4.34. The van der Waals surface area contributed by atoms with Crippen LogP contribution in [0.4, 0.5) is 18.9 Å². The van der Waals surface area contributed by atoms with Crippen molar-refractivity contribution in [2.75, 3.05) is 5.73 Å². The van der Waals surface area contributed by atoms with Crippen LogP contribution in [-0.4, -0.2) is 4.98 Å². The van der Waals surface area contributed by atoms with E-state index in [1.807, 2.05) is 0 Å². The number of fused-ring (bicyclic) bond motifs is 1. The van der Waals surface area contributed by atoms with Gasteiger partial charge < -0.3 is 5.73 Å². The molecule has 0 atom stereocenters. The molecule has 2 N–H and O–H groups in total. The van der Waals surface area contributed by atoms with Crippen molar-refractivity contribution in [1.82, 2.24) is 4.98 Å². The van der Waals surface area contributed by atoms with E-state index in [9.17, 15) is 13.2 Å². The van der Waals surface area contributed by atoms with Crippen LogP contribution in [0.15, 0.2) is 24.4 Å². The topological polar surface area (TPSA) is 38.9 Å². The van der Waals surface area contributed by atoms with Gasteiger partial charge in [-0.1, -0.05) is 6.07 Å². The summed E-state index contributed by atoms with van der Waals surface area (Å²) in [5.74, 6) is 0. The Morgan fingerprint density at radius 1 is 1.25 bits per heavy atom. The highest BCUT2D eigenvalue weighted by molar-refractivity contribution is 5.86. The summed E-state index contributed by atoms with van der Waals surface area (Å²) < 4.78 is 37.3. The standard InChI is InChI=1S/C11H9F3N2/c1-6-8-3-2-7(11(12,13)14)4-10(8)16-5-9(6)15/h2-5H,15H2,1H3. The van der Waals surface area contributed by atoms with Crippen molar-refractivity contribution in [2.45, 2.75) is 13.1 Å². The lowest BCUT2D eigenvalue weighted by Crippen LogP contribution is -2.05. The molecule has 0 saturated carbocycles. The van der Waals surface area contributed by atoms with Crippen molar-refractivity contribution in [3.05, 3.63) is 35.5 Å². The fraction of sp³-hybridized carbons (Fsp3) is 0.182. The van der Waals surface area contributed by atoms with Gasteiger partial charge in [0.05, 0.1) is 23.0 Å². The quantitative estimate of drug-likeness (QED) is 0.749. The summed E-state index contributed by atoms with van der Waals surface area (Å²) in [7, 11) is 0. The highest BCUT2D eigenvalue weighted by Gasteiger charge is 2.30. The highest BCUT2D eigenvalue weighted by atomic mass is 19.4. The van der Waals surface area contributed by atoms with Crippen LogP contribution >= 0.6 is 0 Å². The Balaban J connectivity index is 2.70. The lowest BCUT2D eigenvalue weighted by atomic mass is 10.1. The van der Waals surface area contributed by atoms with Crippen LogP contribution < -0.4 is 5.73 Å². The third kappa shape index (κ3) is 1.68. The molecule has 0 unspecified atom stereocenters. The molecule has 0 fully saturated rings. The van der Waals surface area contributed by atoms with Gasteiger partial charge in [0.15, 0.2) is 0 Å². The Hall–Kier alpha value is -1.78. The van der Waals surface area contributed by atoms with Gasteiger partial charge in [-0.15, -0.1) is 0 Å². The second-order valence-corrected chi connectivity index (χ2v) is 3.57. The molecule has 16 heavy (non-hydrogen) atoms. The maximum absolute atomic E-state index is 12.4. The number of nitrogen functional groups attached to an aromatic ring is 1. The molecule has 0 amide bonds. The normalized spacial score (nSPS) is 12.0. The number of aromatic nitrogens is 1. The van der Waals surface area contributed by atoms with Crippen LogP contribution in [0.3, 0.4) is 0 Å². The molecule has 5 heteroatoms. The number of hydrogen-bond acceptors (Lipinski definition) is 2. The largest absolute Gasteiger partial charge is 0.416 e. The van der Waals surface area contributed by atoms with Crippen molar-refractivity contribution in [3.63, 3.8) is 0 Å². The first-order valence-electron chi connectivity index (χ1n) is 4.61. The average molecular weight is 226 g/mol. The second kappa shape index (κ2) is 3.37. The number of aryl methyl sites for hydroxylation is 1. The molecule has 0 aliphatic rings. The summed E-state index contributed by atoms with van der Waals surface area (Å²) in [5.41, 5.74) is 6.46. The number of hydrogen-bond donors (Lipinski definition) is 1. The summed E-state index contributed by atoms with van der Waals surface area (Å²) in [6, 6.07) is 3.47. The zero-order chi connectivity index (χ0) is 11.9. The molecule has 1 heterocycles. The van der Waals surface area contributed by atoms with E-state index in [2.05, 4.69) is 4.98 Å². The molecule has 84 valence electrons. The maximum atomic E-state index is 12.4. The van der Waals surface area contributed by atoms with Crippen molar-refractivity contribution in [2.24, 2.45) is 0 Å². The number of nitrogens with two attached hydrogens (primary N) is 1. The van der Waals surface area contributed by atoms with Crippen LogP contribution in [0.2, 0.25) is 0 Å². The van der Waals surface area contributed by atoms with Gasteiger partial charge in [0.25, 0.3) is 0 Å². The van der Waals surface area contributed by atoms with Gasteiger partial charge in [0, 0.05) is 5.39 Å². The third-order valence-electron chi connectivity index (χ3n) is 2.50. The predicted octanol–water partition coefficient (Wildman–Crippen LogP) is 3.14. The Labute approximate surface area is 89.9 Å². The van der Waals surface area contributed by atoms with Gasteiger partial charge in [0.2, 0.25) is 0 Å². The SMILES string of the molecule is Cc1c(N)cnc2cc(C(F)(F)F)ccc12. The van der Waals surface area contributed by atoms with E-state index in [-0.39, 0.29) is 0 Å². The van der Waals surface area contributed by atoms with E-state index >= 15 is 0 Å². The van der Waals surface area contributed by atoms with Crippen molar-refractivity contribution in [1.29, 1.82) is 0 Å². The van der Waals surface area contributed by atoms with E-state index in [0.29, 0.717) is 16.6 Å². The van der Waals surface area contributed by atoms with Gasteiger partial charge >= 0.3 is 6.18 Å². The fourth-order valence-corrected chi connectivity index (χ4v) is 1.52. The van der Waals surface area contributed by atoms with Gasteiger partial charge in [-0.25, -0.2) is 0 Å². The lowest BCUT2D eigenvalue weighted by Gasteiger charge is -2.09. The molecule has 0 radical (unpaired) electrons. The zero-order valence-corrected chi connectivity index (χ0v) is 8.47. The number of benzene rings is 1. The van der Waals surface area contributed by atoms with E-state index < -0.39 is 11.7 Å². The smallest absolute Gasteiger partial charge is 0.397 e. The summed E-state index contributed by atoms with van der Waals surface area (Å²) in [5, 5.41) is 0.646. The second-order valence-electron chi connectivity index (χ2n) is 3.57. The molecule has 0 aliphatic heterocycles. The first-order chi connectivity index (χ1) is 7.39. The minimum Gasteiger partial charge on any atom is -0.397 e. The maximum Gasteiger partial charge on any atom is 0.416 e. The molecule has 1 aromatic carbocycles. The molecule has 2 aromatic rings. The Bertz CT molecular complexity index is 547. The van der Waals surface area contributed by atoms with E-state index in [0.717, 1.165) is 17.7 Å². The Kier molecular flexibility index (Phi) is 2.26. The van der Waals surface area contributed by atoms with E-state index in [1.54, 1.807) is 6.92 Å². The first kappa shape index (κ1) is 10.7. The van der Waals surface area contributed by atoms with E-state index in [4.69, 9.17) is 5.73 Å². The molecule has 2 rings (SSSR count). The number of alkyl halides is 3. The fourth-order valence-electron chi connectivity index (χ4n) is 1.52. The number of pyridine rings is 1. The first-order valence-corrected chi connectivity index (χ1v) is 4.61. The van der Waals surface area contributed by atoms with Gasteiger partial charge in [-0.05, 0) is 24.6 Å². The molecule has 0 saturated heterocycles. The molecule has 0 aliphatic carbocycles. The minimum absolute atomic E-state index is 0.307. The van der Waals surface area contributed by atoms with Gasteiger partial charge in [0.1, 0.15) is 0 Å². The average Bonchev–Trinajstić information content (AvgIpc) is 2.22. The number of halogens is 3. The van der Waals surface area contributed by atoms with Gasteiger partial charge in [-0.3, -0.25) is 4.98 Å². The zero-order valence-electron chi connectivity index (χ0n) is 8.47. The van der Waals surface area contributed by atoms with Crippen LogP contribution in [0.5, 0.6) is 0 Å². The number of anilines is 1. The van der Waals surface area contributed by atoms with Crippen LogP contribution in [0.1, 0.15) is 11.1 Å². The summed E-state index contributed by atoms with van der Waals surface area (Å²) in [6.07, 6.45) is -2.97. The van der Waals surface area contributed by atoms with Crippen LogP contribution in [0.25, 0.3) is 10.9 Å². The molecule has 2 nitrogen and oxygen atoms in total. The predicted molar refractivity (Wildman–Crippen MR) is 55.9 cm³/mol. The highest BCUT2D eigenvalue weighted by Crippen LogP contribution is 2.32. The molecule has 1 aromatic heterocycles. The molecule has 0 spiro atoms. The number of rotatable bonds is 0. The van der Waals surface area contributed by atoms with Crippen molar-refractivity contribution >= 4 is 16.6 Å². The Morgan fingerprint density at radius 2 is 1.94 bits per heavy atom. The molecule has 0 bridgehead atoms. The number of nitrogens with zero attached hydrogens (tertiary/aromatic N) is 1. The van der Waals surface area contributed by atoms with E-state index in [1.165, 1.54) is 12.3 Å². The summed E-state index contributed by atoms with van der Waals surface area (Å²) in [6.45, 7) is 1.76. The molecular weight excluding hydrogens is 217 g/mol. The summed E-state index contributed by atoms with van der Waals surface area (Å²) >= 11 is 0. The summed E-state index contributed by atoms with van der Waals surface area (Å²) in [4.78, 5) is 3.89. The van der Waals surface area contributed by atoms with Crippen LogP contribution in [-0.2, 0) is 6.18 Å².